The maximum atomic E-state index is 10.2. The second kappa shape index (κ2) is 5.23. The van der Waals surface area contributed by atoms with Crippen LogP contribution in [0.2, 0.25) is 10.0 Å². The highest BCUT2D eigenvalue weighted by atomic mass is 35.5. The molecule has 0 saturated heterocycles. The van der Waals surface area contributed by atoms with Crippen LogP contribution in [0.15, 0.2) is 12.1 Å². The van der Waals surface area contributed by atoms with Crippen molar-refractivity contribution >= 4 is 29.5 Å². The molecule has 0 atom stereocenters. The molecule has 0 aliphatic rings. The summed E-state index contributed by atoms with van der Waals surface area (Å²) in [6, 6.07) is 3.39. The van der Waals surface area contributed by atoms with E-state index in [1.165, 1.54) is 7.11 Å². The van der Waals surface area contributed by atoms with Gasteiger partial charge in [-0.15, -0.1) is 0 Å². The fraction of sp³-hybridized carbons (Fsp3) is 0.300. The third-order valence-corrected chi connectivity index (χ3v) is 2.48. The Morgan fingerprint density at radius 3 is 2.71 bits per heavy atom. The molecule has 0 aromatic heterocycles. The highest BCUT2D eigenvalue weighted by Gasteiger charge is 2.08. The van der Waals surface area contributed by atoms with Gasteiger partial charge >= 0.3 is 0 Å². The molecule has 1 aromatic rings. The van der Waals surface area contributed by atoms with E-state index in [0.29, 0.717) is 28.6 Å². The molecule has 1 rings (SSSR count). The van der Waals surface area contributed by atoms with E-state index in [2.05, 4.69) is 0 Å². The third kappa shape index (κ3) is 2.63. The molecule has 2 nitrogen and oxygen atoms in total. The Kier molecular flexibility index (Phi) is 4.23. The van der Waals surface area contributed by atoms with Gasteiger partial charge < -0.3 is 9.53 Å². The predicted molar refractivity (Wildman–Crippen MR) is 57.4 cm³/mol. The minimum absolute atomic E-state index is 0.434. The van der Waals surface area contributed by atoms with Gasteiger partial charge in [-0.3, -0.25) is 0 Å². The van der Waals surface area contributed by atoms with Gasteiger partial charge in [-0.25, -0.2) is 0 Å². The number of benzene rings is 1. The Morgan fingerprint density at radius 1 is 1.43 bits per heavy atom. The number of ether oxygens (including phenoxy) is 1. The molecule has 76 valence electrons. The van der Waals surface area contributed by atoms with E-state index in [1.807, 2.05) is 0 Å². The minimum atomic E-state index is 0.434. The summed E-state index contributed by atoms with van der Waals surface area (Å²) in [5, 5.41) is 1.09. The van der Waals surface area contributed by atoms with E-state index >= 15 is 0 Å². The largest absolute Gasteiger partial charge is 0.495 e. The van der Waals surface area contributed by atoms with Crippen molar-refractivity contribution in [2.24, 2.45) is 0 Å². The molecule has 0 saturated carbocycles. The normalized spacial score (nSPS) is 9.93. The SMILES string of the molecule is COc1cc(Cl)cc(CCC=O)c1Cl. The van der Waals surface area contributed by atoms with Gasteiger partial charge in [0.1, 0.15) is 12.0 Å². The lowest BCUT2D eigenvalue weighted by molar-refractivity contribution is -0.107. The lowest BCUT2D eigenvalue weighted by atomic mass is 10.1. The monoisotopic (exact) mass is 232 g/mol. The second-order valence-electron chi connectivity index (χ2n) is 2.79. The fourth-order valence-electron chi connectivity index (χ4n) is 1.16. The molecule has 0 aliphatic heterocycles. The zero-order valence-electron chi connectivity index (χ0n) is 7.72. The standard InChI is InChI=1S/C10H10Cl2O2/c1-14-9-6-8(11)5-7(10(9)12)3-2-4-13/h4-6H,2-3H2,1H3. The molecule has 0 fully saturated rings. The molecule has 14 heavy (non-hydrogen) atoms. The van der Waals surface area contributed by atoms with Crippen LogP contribution in [0.5, 0.6) is 5.75 Å². The first-order valence-corrected chi connectivity index (χ1v) is 4.90. The van der Waals surface area contributed by atoms with Gasteiger partial charge in [0.2, 0.25) is 0 Å². The highest BCUT2D eigenvalue weighted by Crippen LogP contribution is 2.32. The van der Waals surface area contributed by atoms with Crippen LogP contribution in [-0.2, 0) is 11.2 Å². The minimum Gasteiger partial charge on any atom is -0.495 e. The van der Waals surface area contributed by atoms with E-state index in [-0.39, 0.29) is 0 Å². The first-order chi connectivity index (χ1) is 6.69. The molecule has 0 bridgehead atoms. The number of aryl methyl sites for hydroxylation is 1. The molecule has 4 heteroatoms. The van der Waals surface area contributed by atoms with Crippen LogP contribution >= 0.6 is 23.2 Å². The third-order valence-electron chi connectivity index (χ3n) is 1.83. The Morgan fingerprint density at radius 2 is 2.14 bits per heavy atom. The first-order valence-electron chi connectivity index (χ1n) is 4.14. The Balaban J connectivity index is 3.02. The number of methoxy groups -OCH3 is 1. The highest BCUT2D eigenvalue weighted by molar-refractivity contribution is 6.34. The Bertz CT molecular complexity index is 337. The molecule has 0 radical (unpaired) electrons. The van der Waals surface area contributed by atoms with Crippen LogP contribution in [0, 0.1) is 0 Å². The van der Waals surface area contributed by atoms with E-state index in [4.69, 9.17) is 27.9 Å². The summed E-state index contributed by atoms with van der Waals surface area (Å²) in [5.74, 6) is 0.542. The smallest absolute Gasteiger partial charge is 0.139 e. The molecule has 0 unspecified atom stereocenters. The molecule has 1 aromatic carbocycles. The molecule has 0 heterocycles. The molecular weight excluding hydrogens is 223 g/mol. The van der Waals surface area contributed by atoms with Crippen molar-refractivity contribution in [3.63, 3.8) is 0 Å². The van der Waals surface area contributed by atoms with Crippen LogP contribution in [0.3, 0.4) is 0 Å². The number of hydrogen-bond donors (Lipinski definition) is 0. The van der Waals surface area contributed by atoms with Crippen molar-refractivity contribution in [2.75, 3.05) is 7.11 Å². The van der Waals surface area contributed by atoms with Crippen molar-refractivity contribution in [2.45, 2.75) is 12.8 Å². The molecule has 0 N–H and O–H groups in total. The number of carbonyl (C=O) groups is 1. The van der Waals surface area contributed by atoms with Gasteiger partial charge in [0.15, 0.2) is 0 Å². The maximum Gasteiger partial charge on any atom is 0.139 e. The quantitative estimate of drug-likeness (QED) is 0.746. The number of carbonyl (C=O) groups excluding carboxylic acids is 1. The van der Waals surface area contributed by atoms with Gasteiger partial charge in [-0.1, -0.05) is 23.2 Å². The van der Waals surface area contributed by atoms with Crippen LogP contribution in [-0.4, -0.2) is 13.4 Å². The zero-order valence-corrected chi connectivity index (χ0v) is 9.23. The lowest BCUT2D eigenvalue weighted by Crippen LogP contribution is -1.92. The van der Waals surface area contributed by atoms with Gasteiger partial charge in [0.05, 0.1) is 12.1 Å². The van der Waals surface area contributed by atoms with Crippen molar-refractivity contribution in [1.29, 1.82) is 0 Å². The van der Waals surface area contributed by atoms with Gasteiger partial charge in [-0.2, -0.15) is 0 Å². The number of hydrogen-bond acceptors (Lipinski definition) is 2. The van der Waals surface area contributed by atoms with Crippen molar-refractivity contribution in [1.82, 2.24) is 0 Å². The van der Waals surface area contributed by atoms with Gasteiger partial charge in [0.25, 0.3) is 0 Å². The lowest BCUT2D eigenvalue weighted by Gasteiger charge is -2.08. The summed E-state index contributed by atoms with van der Waals surface area (Å²) >= 11 is 11.9. The van der Waals surface area contributed by atoms with E-state index in [1.54, 1.807) is 12.1 Å². The van der Waals surface area contributed by atoms with E-state index in [9.17, 15) is 4.79 Å². The summed E-state index contributed by atoms with van der Waals surface area (Å²) in [4.78, 5) is 10.2. The Hall–Kier alpha value is -0.730. The van der Waals surface area contributed by atoms with Gasteiger partial charge in [0, 0.05) is 17.5 Å². The second-order valence-corrected chi connectivity index (χ2v) is 3.60. The zero-order chi connectivity index (χ0) is 10.6. The predicted octanol–water partition coefficient (Wildman–Crippen LogP) is 3.13. The van der Waals surface area contributed by atoms with Crippen molar-refractivity contribution < 1.29 is 9.53 Å². The number of rotatable bonds is 4. The summed E-state index contributed by atoms with van der Waals surface area (Å²) in [6.45, 7) is 0. The van der Waals surface area contributed by atoms with Crippen LogP contribution < -0.4 is 4.74 Å². The Labute approximate surface area is 92.8 Å². The van der Waals surface area contributed by atoms with Crippen molar-refractivity contribution in [3.8, 4) is 5.75 Å². The molecule has 0 amide bonds. The molecule has 0 aliphatic carbocycles. The number of aldehydes is 1. The summed E-state index contributed by atoms with van der Waals surface area (Å²) in [5.41, 5.74) is 0.836. The van der Waals surface area contributed by atoms with E-state index in [0.717, 1.165) is 11.8 Å². The first kappa shape index (κ1) is 11.3. The average Bonchev–Trinajstić information content (AvgIpc) is 2.18. The summed E-state index contributed by atoms with van der Waals surface area (Å²) < 4.78 is 5.04. The summed E-state index contributed by atoms with van der Waals surface area (Å²) in [7, 11) is 1.53. The van der Waals surface area contributed by atoms with E-state index < -0.39 is 0 Å². The summed E-state index contributed by atoms with van der Waals surface area (Å²) in [6.07, 6.45) is 1.87. The topological polar surface area (TPSA) is 26.3 Å². The van der Waals surface area contributed by atoms with Gasteiger partial charge in [-0.05, 0) is 18.1 Å². The molecule has 0 spiro atoms. The van der Waals surface area contributed by atoms with Crippen LogP contribution in [0.25, 0.3) is 0 Å². The number of halogens is 2. The van der Waals surface area contributed by atoms with Crippen LogP contribution in [0.4, 0.5) is 0 Å². The molecular formula is C10H10Cl2O2. The fourth-order valence-corrected chi connectivity index (χ4v) is 1.67. The van der Waals surface area contributed by atoms with Crippen molar-refractivity contribution in [3.05, 3.63) is 27.7 Å². The van der Waals surface area contributed by atoms with Crippen LogP contribution in [0.1, 0.15) is 12.0 Å². The maximum absolute atomic E-state index is 10.2. The average molecular weight is 233 g/mol.